The van der Waals surface area contributed by atoms with Crippen molar-refractivity contribution in [3.63, 3.8) is 0 Å². The highest BCUT2D eigenvalue weighted by molar-refractivity contribution is 7.89. The summed E-state index contributed by atoms with van der Waals surface area (Å²) in [6, 6.07) is 7.40. The molecule has 1 heterocycles. The summed E-state index contributed by atoms with van der Waals surface area (Å²) in [6.45, 7) is 2.92. The van der Waals surface area contributed by atoms with E-state index in [-0.39, 0.29) is 30.7 Å². The van der Waals surface area contributed by atoms with E-state index in [4.69, 9.17) is 11.6 Å². The first-order valence-electron chi connectivity index (χ1n) is 8.00. The van der Waals surface area contributed by atoms with Crippen LogP contribution in [0.15, 0.2) is 24.3 Å². The van der Waals surface area contributed by atoms with Crippen molar-refractivity contribution in [2.45, 2.75) is 32.4 Å². The Balaban J connectivity index is 0.00000312. The molecule has 0 saturated carbocycles. The minimum absolute atomic E-state index is 0. The van der Waals surface area contributed by atoms with Crippen LogP contribution < -0.4 is 0 Å². The Morgan fingerprint density at radius 2 is 2.00 bits per heavy atom. The molecule has 6 nitrogen and oxygen atoms in total. The lowest BCUT2D eigenvalue weighted by Gasteiger charge is -2.37. The summed E-state index contributed by atoms with van der Waals surface area (Å²) in [5.74, 6) is -0.792. The number of sulfonamides is 1. The molecule has 1 aliphatic heterocycles. The van der Waals surface area contributed by atoms with Crippen molar-refractivity contribution in [1.29, 1.82) is 0 Å². The average Bonchev–Trinajstić information content (AvgIpc) is 2.54. The Hall–Kier alpha value is -0.860. The first-order valence-corrected chi connectivity index (χ1v) is 9.98. The predicted molar refractivity (Wildman–Crippen MR) is 101 cm³/mol. The van der Waals surface area contributed by atoms with Gasteiger partial charge in [-0.25, -0.2) is 12.7 Å². The third kappa shape index (κ3) is 6.42. The zero-order valence-electron chi connectivity index (χ0n) is 14.1. The smallest absolute Gasteiger partial charge is 0.317 e. The maximum absolute atomic E-state index is 11.9. The number of carbonyl (C=O) groups is 1. The quantitative estimate of drug-likeness (QED) is 0.746. The number of hydrogen-bond acceptors (Lipinski definition) is 4. The normalized spacial score (nSPS) is 16.6. The number of piperidine rings is 1. The fourth-order valence-electron chi connectivity index (χ4n) is 3.03. The third-order valence-corrected chi connectivity index (χ3v) is 6.43. The highest BCUT2D eigenvalue weighted by atomic mass is 35.5. The molecule has 2 rings (SSSR count). The van der Waals surface area contributed by atoms with Crippen LogP contribution in [-0.4, -0.2) is 60.1 Å². The van der Waals surface area contributed by atoms with Crippen molar-refractivity contribution in [1.82, 2.24) is 9.21 Å². The fraction of sp³-hybridized carbons (Fsp3) is 0.562. The lowest BCUT2D eigenvalue weighted by atomic mass is 10.0. The van der Waals surface area contributed by atoms with Crippen molar-refractivity contribution >= 4 is 40.0 Å². The van der Waals surface area contributed by atoms with Crippen LogP contribution in [0.4, 0.5) is 0 Å². The number of rotatable bonds is 7. The molecule has 1 fully saturated rings. The first-order chi connectivity index (χ1) is 11.3. The van der Waals surface area contributed by atoms with Gasteiger partial charge < -0.3 is 5.11 Å². The monoisotopic (exact) mass is 410 g/mol. The van der Waals surface area contributed by atoms with E-state index in [0.29, 0.717) is 37.5 Å². The Morgan fingerprint density at radius 3 is 2.52 bits per heavy atom. The van der Waals surface area contributed by atoms with Crippen LogP contribution >= 0.6 is 24.0 Å². The van der Waals surface area contributed by atoms with Gasteiger partial charge in [-0.1, -0.05) is 23.7 Å². The molecule has 0 atom stereocenters. The highest BCUT2D eigenvalue weighted by Crippen LogP contribution is 2.22. The maximum atomic E-state index is 11.9. The number of benzene rings is 1. The van der Waals surface area contributed by atoms with Gasteiger partial charge in [0.25, 0.3) is 0 Å². The topological polar surface area (TPSA) is 77.9 Å². The largest absolute Gasteiger partial charge is 0.480 e. The van der Waals surface area contributed by atoms with Crippen LogP contribution in [0.1, 0.15) is 25.3 Å². The second kappa shape index (κ2) is 9.73. The minimum atomic E-state index is -3.18. The van der Waals surface area contributed by atoms with Gasteiger partial charge in [0.1, 0.15) is 0 Å². The fourth-order valence-corrected chi connectivity index (χ4v) is 4.37. The number of nitrogens with zero attached hydrogens (tertiary/aromatic N) is 2. The summed E-state index contributed by atoms with van der Waals surface area (Å²) in [5, 5.41) is 9.81. The molecule has 25 heavy (non-hydrogen) atoms. The minimum Gasteiger partial charge on any atom is -0.480 e. The molecule has 1 aromatic carbocycles. The van der Waals surface area contributed by atoms with Gasteiger partial charge in [-0.3, -0.25) is 9.69 Å². The van der Waals surface area contributed by atoms with E-state index in [0.717, 1.165) is 5.56 Å². The van der Waals surface area contributed by atoms with E-state index < -0.39 is 16.0 Å². The Bertz CT molecular complexity index is 676. The first kappa shape index (κ1) is 22.2. The van der Waals surface area contributed by atoms with Crippen LogP contribution in [0.2, 0.25) is 5.02 Å². The standard InChI is InChI=1S/C16H23ClN2O4S.ClH/c1-2-24(22,23)19-8-6-15(7-9-19)18(12-16(20)21)11-13-4-3-5-14(17)10-13;/h3-5,10,15H,2,6-9,11-12H2,1H3,(H,20,21);1H. The van der Waals surface area contributed by atoms with Crippen molar-refractivity contribution in [2.24, 2.45) is 0 Å². The summed E-state index contributed by atoms with van der Waals surface area (Å²) in [5.41, 5.74) is 0.951. The zero-order chi connectivity index (χ0) is 17.7. The van der Waals surface area contributed by atoms with Gasteiger partial charge in [-0.15, -0.1) is 12.4 Å². The molecule has 0 aromatic heterocycles. The lowest BCUT2D eigenvalue weighted by molar-refractivity contribution is -0.139. The van der Waals surface area contributed by atoms with E-state index in [9.17, 15) is 18.3 Å². The van der Waals surface area contributed by atoms with E-state index in [2.05, 4.69) is 0 Å². The lowest BCUT2D eigenvalue weighted by Crippen LogP contribution is -2.48. The molecule has 1 aromatic rings. The number of hydrogen-bond donors (Lipinski definition) is 1. The molecule has 1 N–H and O–H groups in total. The molecule has 0 unspecified atom stereocenters. The van der Waals surface area contributed by atoms with E-state index in [1.54, 1.807) is 13.0 Å². The summed E-state index contributed by atoms with van der Waals surface area (Å²) in [4.78, 5) is 13.1. The second-order valence-electron chi connectivity index (χ2n) is 5.96. The van der Waals surface area contributed by atoms with Gasteiger partial charge in [0.2, 0.25) is 10.0 Å². The van der Waals surface area contributed by atoms with Gasteiger partial charge in [0, 0.05) is 30.7 Å². The van der Waals surface area contributed by atoms with Crippen LogP contribution in [0.3, 0.4) is 0 Å². The molecule has 1 aliphatic rings. The third-order valence-electron chi connectivity index (χ3n) is 4.31. The Morgan fingerprint density at radius 1 is 1.36 bits per heavy atom. The van der Waals surface area contributed by atoms with Gasteiger partial charge in [-0.2, -0.15) is 0 Å². The number of carboxylic acid groups (broad SMARTS) is 1. The summed E-state index contributed by atoms with van der Waals surface area (Å²) in [6.07, 6.45) is 1.26. The van der Waals surface area contributed by atoms with Gasteiger partial charge in [0.15, 0.2) is 0 Å². The second-order valence-corrected chi connectivity index (χ2v) is 8.65. The number of halogens is 2. The molecule has 1 saturated heterocycles. The summed E-state index contributed by atoms with van der Waals surface area (Å²) in [7, 11) is -3.18. The molecular weight excluding hydrogens is 387 g/mol. The van der Waals surface area contributed by atoms with Crippen molar-refractivity contribution in [2.75, 3.05) is 25.4 Å². The molecule has 9 heteroatoms. The van der Waals surface area contributed by atoms with E-state index in [1.807, 2.05) is 23.1 Å². The van der Waals surface area contributed by atoms with E-state index >= 15 is 0 Å². The zero-order valence-corrected chi connectivity index (χ0v) is 16.5. The summed E-state index contributed by atoms with van der Waals surface area (Å²) < 4.78 is 25.4. The molecule has 0 radical (unpaired) electrons. The molecular formula is C16H24Cl2N2O4S. The van der Waals surface area contributed by atoms with Crippen LogP contribution in [0.25, 0.3) is 0 Å². The Labute approximate surface area is 160 Å². The van der Waals surface area contributed by atoms with Crippen molar-refractivity contribution < 1.29 is 18.3 Å². The predicted octanol–water partition coefficient (Wildman–Crippen LogP) is 2.46. The molecule has 0 aliphatic carbocycles. The van der Waals surface area contributed by atoms with Gasteiger partial charge in [-0.05, 0) is 37.5 Å². The number of aliphatic carboxylic acids is 1. The van der Waals surface area contributed by atoms with Crippen LogP contribution in [0, 0.1) is 0 Å². The van der Waals surface area contributed by atoms with Crippen LogP contribution in [0.5, 0.6) is 0 Å². The highest BCUT2D eigenvalue weighted by Gasteiger charge is 2.30. The SMILES string of the molecule is CCS(=O)(=O)N1CCC(N(CC(=O)O)Cc2cccc(Cl)c2)CC1.Cl. The Kier molecular flexibility index (Phi) is 8.63. The van der Waals surface area contributed by atoms with Gasteiger partial charge in [0.05, 0.1) is 12.3 Å². The summed E-state index contributed by atoms with van der Waals surface area (Å²) >= 11 is 6.00. The molecule has 0 bridgehead atoms. The number of carboxylic acids is 1. The van der Waals surface area contributed by atoms with E-state index in [1.165, 1.54) is 4.31 Å². The molecule has 0 spiro atoms. The van der Waals surface area contributed by atoms with Crippen molar-refractivity contribution in [3.05, 3.63) is 34.9 Å². The van der Waals surface area contributed by atoms with Crippen LogP contribution in [-0.2, 0) is 21.4 Å². The molecule has 142 valence electrons. The molecule has 0 amide bonds. The average molecular weight is 411 g/mol. The van der Waals surface area contributed by atoms with Gasteiger partial charge >= 0.3 is 5.97 Å². The maximum Gasteiger partial charge on any atom is 0.317 e. The van der Waals surface area contributed by atoms with Crippen molar-refractivity contribution in [3.8, 4) is 0 Å².